The fourth-order valence-corrected chi connectivity index (χ4v) is 2.12. The summed E-state index contributed by atoms with van der Waals surface area (Å²) in [5, 5.41) is 3.38. The molecule has 0 amide bonds. The van der Waals surface area contributed by atoms with Crippen LogP contribution in [0.2, 0.25) is 0 Å². The van der Waals surface area contributed by atoms with E-state index >= 15 is 0 Å². The molecule has 4 nitrogen and oxygen atoms in total. The summed E-state index contributed by atoms with van der Waals surface area (Å²) in [7, 11) is 3.31. The molecule has 23 heavy (non-hydrogen) atoms. The minimum absolute atomic E-state index is 0.525. The molecule has 4 heteroatoms. The molecule has 0 saturated heterocycles. The van der Waals surface area contributed by atoms with E-state index in [2.05, 4.69) is 31.3 Å². The number of rotatable bonds is 8. The lowest BCUT2D eigenvalue weighted by atomic mass is 10.2. The first-order valence-electron chi connectivity index (χ1n) is 7.80. The van der Waals surface area contributed by atoms with Gasteiger partial charge < -0.3 is 19.5 Å². The Kier molecular flexibility index (Phi) is 6.15. The Morgan fingerprint density at radius 1 is 0.913 bits per heavy atom. The van der Waals surface area contributed by atoms with Crippen LogP contribution in [0.25, 0.3) is 0 Å². The third-order valence-electron chi connectivity index (χ3n) is 3.40. The number of methoxy groups -OCH3 is 2. The SMILES string of the molecule is COc1ccc(OC)c(NCc2ccc(OCC(C)C)cc2)c1. The van der Waals surface area contributed by atoms with Gasteiger partial charge in [0, 0.05) is 12.6 Å². The lowest BCUT2D eigenvalue weighted by Crippen LogP contribution is -2.05. The highest BCUT2D eigenvalue weighted by molar-refractivity contribution is 5.60. The fraction of sp³-hybridized carbons (Fsp3) is 0.368. The van der Waals surface area contributed by atoms with Crippen molar-refractivity contribution < 1.29 is 14.2 Å². The largest absolute Gasteiger partial charge is 0.497 e. The summed E-state index contributed by atoms with van der Waals surface area (Å²) in [5.41, 5.74) is 2.08. The van der Waals surface area contributed by atoms with Crippen LogP contribution in [0.15, 0.2) is 42.5 Å². The second-order valence-electron chi connectivity index (χ2n) is 5.77. The molecule has 0 aliphatic heterocycles. The van der Waals surface area contributed by atoms with E-state index in [0.717, 1.165) is 29.5 Å². The second kappa shape index (κ2) is 8.32. The molecule has 0 saturated carbocycles. The van der Waals surface area contributed by atoms with E-state index in [0.29, 0.717) is 12.5 Å². The number of hydrogen-bond donors (Lipinski definition) is 1. The Labute approximate surface area is 138 Å². The molecule has 0 aromatic heterocycles. The lowest BCUT2D eigenvalue weighted by molar-refractivity contribution is 0.271. The molecule has 0 spiro atoms. The molecule has 0 fully saturated rings. The molecule has 0 heterocycles. The number of hydrogen-bond acceptors (Lipinski definition) is 4. The van der Waals surface area contributed by atoms with Gasteiger partial charge in [0.25, 0.3) is 0 Å². The topological polar surface area (TPSA) is 39.7 Å². The van der Waals surface area contributed by atoms with Crippen molar-refractivity contribution in [1.82, 2.24) is 0 Å². The Morgan fingerprint density at radius 2 is 1.61 bits per heavy atom. The molecule has 0 atom stereocenters. The highest BCUT2D eigenvalue weighted by atomic mass is 16.5. The average molecular weight is 315 g/mol. The molecule has 0 radical (unpaired) electrons. The summed E-state index contributed by atoms with van der Waals surface area (Å²) in [6.45, 7) is 5.71. The predicted molar refractivity (Wildman–Crippen MR) is 93.6 cm³/mol. The van der Waals surface area contributed by atoms with Crippen LogP contribution in [-0.4, -0.2) is 20.8 Å². The van der Waals surface area contributed by atoms with Gasteiger partial charge in [-0.2, -0.15) is 0 Å². The van der Waals surface area contributed by atoms with Crippen LogP contribution in [0.3, 0.4) is 0 Å². The molecular formula is C19H25NO3. The van der Waals surface area contributed by atoms with E-state index in [1.807, 2.05) is 30.3 Å². The van der Waals surface area contributed by atoms with E-state index in [1.54, 1.807) is 14.2 Å². The van der Waals surface area contributed by atoms with E-state index in [4.69, 9.17) is 14.2 Å². The first-order chi connectivity index (χ1) is 11.1. The number of anilines is 1. The van der Waals surface area contributed by atoms with Crippen LogP contribution >= 0.6 is 0 Å². The highest BCUT2D eigenvalue weighted by Gasteiger charge is 2.05. The monoisotopic (exact) mass is 315 g/mol. The summed E-state index contributed by atoms with van der Waals surface area (Å²) in [5.74, 6) is 3.02. The summed E-state index contributed by atoms with van der Waals surface area (Å²) in [6, 6.07) is 13.8. The predicted octanol–water partition coefficient (Wildman–Crippen LogP) is 4.35. The van der Waals surface area contributed by atoms with Gasteiger partial charge in [-0.05, 0) is 35.7 Å². The van der Waals surface area contributed by atoms with Crippen LogP contribution in [0.5, 0.6) is 17.2 Å². The highest BCUT2D eigenvalue weighted by Crippen LogP contribution is 2.29. The Morgan fingerprint density at radius 3 is 2.22 bits per heavy atom. The van der Waals surface area contributed by atoms with Gasteiger partial charge >= 0.3 is 0 Å². The van der Waals surface area contributed by atoms with Gasteiger partial charge in [0.2, 0.25) is 0 Å². The van der Waals surface area contributed by atoms with Crippen molar-refractivity contribution in [2.24, 2.45) is 5.92 Å². The van der Waals surface area contributed by atoms with Crippen LogP contribution in [-0.2, 0) is 6.54 Å². The molecule has 0 aliphatic rings. The van der Waals surface area contributed by atoms with Crippen LogP contribution in [0, 0.1) is 5.92 Å². The van der Waals surface area contributed by atoms with E-state index in [-0.39, 0.29) is 0 Å². The average Bonchev–Trinajstić information content (AvgIpc) is 2.58. The minimum Gasteiger partial charge on any atom is -0.497 e. The van der Waals surface area contributed by atoms with Crippen molar-refractivity contribution in [3.63, 3.8) is 0 Å². The molecule has 0 unspecified atom stereocenters. The number of benzene rings is 2. The van der Waals surface area contributed by atoms with Crippen molar-refractivity contribution in [1.29, 1.82) is 0 Å². The standard InChI is InChI=1S/C19H25NO3/c1-14(2)13-23-16-7-5-15(6-8-16)12-20-18-11-17(21-3)9-10-19(18)22-4/h5-11,14,20H,12-13H2,1-4H3. The van der Waals surface area contributed by atoms with Crippen LogP contribution < -0.4 is 19.5 Å². The normalized spacial score (nSPS) is 10.5. The van der Waals surface area contributed by atoms with E-state index < -0.39 is 0 Å². The maximum Gasteiger partial charge on any atom is 0.142 e. The van der Waals surface area contributed by atoms with Gasteiger partial charge in [-0.15, -0.1) is 0 Å². The fourth-order valence-electron chi connectivity index (χ4n) is 2.12. The maximum atomic E-state index is 5.70. The molecule has 2 rings (SSSR count). The van der Waals surface area contributed by atoms with Gasteiger partial charge in [-0.25, -0.2) is 0 Å². The summed E-state index contributed by atoms with van der Waals surface area (Å²) in [6.07, 6.45) is 0. The van der Waals surface area contributed by atoms with E-state index in [9.17, 15) is 0 Å². The first-order valence-corrected chi connectivity index (χ1v) is 7.80. The molecule has 1 N–H and O–H groups in total. The van der Waals surface area contributed by atoms with Gasteiger partial charge in [0.15, 0.2) is 0 Å². The Hall–Kier alpha value is -2.36. The van der Waals surface area contributed by atoms with Gasteiger partial charge in [0.05, 0.1) is 26.5 Å². The van der Waals surface area contributed by atoms with Crippen molar-refractivity contribution >= 4 is 5.69 Å². The zero-order chi connectivity index (χ0) is 16.7. The molecule has 0 bridgehead atoms. The lowest BCUT2D eigenvalue weighted by Gasteiger charge is -2.13. The number of ether oxygens (including phenoxy) is 3. The number of nitrogens with one attached hydrogen (secondary N) is 1. The zero-order valence-electron chi connectivity index (χ0n) is 14.3. The first kappa shape index (κ1) is 17.0. The summed E-state index contributed by atoms with van der Waals surface area (Å²) < 4.78 is 16.3. The smallest absolute Gasteiger partial charge is 0.142 e. The maximum absolute atomic E-state index is 5.70. The van der Waals surface area contributed by atoms with Crippen molar-refractivity contribution in [2.45, 2.75) is 20.4 Å². The van der Waals surface area contributed by atoms with E-state index in [1.165, 1.54) is 5.56 Å². The minimum atomic E-state index is 0.525. The van der Waals surface area contributed by atoms with Gasteiger partial charge in [-0.3, -0.25) is 0 Å². The second-order valence-corrected chi connectivity index (χ2v) is 5.77. The molecular weight excluding hydrogens is 290 g/mol. The van der Waals surface area contributed by atoms with Crippen LogP contribution in [0.4, 0.5) is 5.69 Å². The van der Waals surface area contributed by atoms with Crippen molar-refractivity contribution in [3.05, 3.63) is 48.0 Å². The summed E-state index contributed by atoms with van der Waals surface area (Å²) in [4.78, 5) is 0. The Bertz CT molecular complexity index is 609. The summed E-state index contributed by atoms with van der Waals surface area (Å²) >= 11 is 0. The quantitative estimate of drug-likeness (QED) is 0.786. The molecule has 0 aliphatic carbocycles. The van der Waals surface area contributed by atoms with Crippen molar-refractivity contribution in [2.75, 3.05) is 26.1 Å². The third kappa shape index (κ3) is 5.09. The third-order valence-corrected chi connectivity index (χ3v) is 3.40. The molecule has 124 valence electrons. The van der Waals surface area contributed by atoms with Crippen molar-refractivity contribution in [3.8, 4) is 17.2 Å². The zero-order valence-corrected chi connectivity index (χ0v) is 14.3. The van der Waals surface area contributed by atoms with Gasteiger partial charge in [0.1, 0.15) is 17.2 Å². The van der Waals surface area contributed by atoms with Crippen LogP contribution in [0.1, 0.15) is 19.4 Å². The Balaban J connectivity index is 1.98. The molecule has 2 aromatic carbocycles. The molecule has 2 aromatic rings. The van der Waals surface area contributed by atoms with Gasteiger partial charge in [-0.1, -0.05) is 26.0 Å².